The van der Waals surface area contributed by atoms with Gasteiger partial charge in [0.05, 0.1) is 18.8 Å². The van der Waals surface area contributed by atoms with Gasteiger partial charge in [0.15, 0.2) is 0 Å². The lowest BCUT2D eigenvalue weighted by molar-refractivity contribution is -0.137. The summed E-state index contributed by atoms with van der Waals surface area (Å²) in [4.78, 5) is 26.8. The second-order valence-electron chi connectivity index (χ2n) is 2.84. The molecule has 0 amide bonds. The molecule has 1 aromatic rings. The highest BCUT2D eigenvalue weighted by Crippen LogP contribution is 2.15. The molecule has 0 saturated carbocycles. The van der Waals surface area contributed by atoms with Crippen molar-refractivity contribution in [3.05, 3.63) is 23.9 Å². The number of ether oxygens (including phenoxy) is 2. The van der Waals surface area contributed by atoms with Crippen molar-refractivity contribution in [3.63, 3.8) is 0 Å². The molecule has 1 aromatic heterocycles. The number of carbonyl (C=O) groups excluding carboxylic acids is 2. The third kappa shape index (κ3) is 2.79. The van der Waals surface area contributed by atoms with Crippen molar-refractivity contribution in [1.82, 2.24) is 4.98 Å². The molecular formula is C11H13NO4. The van der Waals surface area contributed by atoms with E-state index in [0.717, 1.165) is 0 Å². The summed E-state index contributed by atoms with van der Waals surface area (Å²) in [6.07, 6.45) is 1.49. The minimum atomic E-state index is -0.892. The van der Waals surface area contributed by atoms with Gasteiger partial charge in [0, 0.05) is 6.20 Å². The summed E-state index contributed by atoms with van der Waals surface area (Å²) in [5.74, 6) is -1.47. The van der Waals surface area contributed by atoms with Crippen LogP contribution in [0, 0.1) is 0 Å². The SMILES string of the molecule is CCOC(=O)C(=O)c1cccnc1OCC. The van der Waals surface area contributed by atoms with Crippen LogP contribution in [0.5, 0.6) is 5.88 Å². The molecule has 0 saturated heterocycles. The number of aromatic nitrogens is 1. The summed E-state index contributed by atoms with van der Waals surface area (Å²) in [6, 6.07) is 3.05. The topological polar surface area (TPSA) is 65.5 Å². The largest absolute Gasteiger partial charge is 0.477 e. The van der Waals surface area contributed by atoms with Gasteiger partial charge in [-0.1, -0.05) is 0 Å². The first-order chi connectivity index (χ1) is 7.70. The van der Waals surface area contributed by atoms with Gasteiger partial charge in [0.1, 0.15) is 0 Å². The number of carbonyl (C=O) groups is 2. The molecule has 0 aliphatic heterocycles. The summed E-state index contributed by atoms with van der Waals surface area (Å²) >= 11 is 0. The quantitative estimate of drug-likeness (QED) is 0.426. The van der Waals surface area contributed by atoms with Crippen LogP contribution >= 0.6 is 0 Å². The Morgan fingerprint density at radius 2 is 2.06 bits per heavy atom. The molecule has 5 heteroatoms. The van der Waals surface area contributed by atoms with Gasteiger partial charge in [-0.2, -0.15) is 0 Å². The Hall–Kier alpha value is -1.91. The molecule has 0 atom stereocenters. The van der Waals surface area contributed by atoms with Crippen LogP contribution in [-0.2, 0) is 9.53 Å². The normalized spacial score (nSPS) is 9.62. The van der Waals surface area contributed by atoms with Crippen molar-refractivity contribution in [2.45, 2.75) is 13.8 Å². The summed E-state index contributed by atoms with van der Waals surface area (Å²) in [5, 5.41) is 0. The molecule has 0 aliphatic carbocycles. The molecule has 0 N–H and O–H groups in total. The van der Waals surface area contributed by atoms with Crippen LogP contribution < -0.4 is 4.74 Å². The highest BCUT2D eigenvalue weighted by Gasteiger charge is 2.21. The van der Waals surface area contributed by atoms with Crippen molar-refractivity contribution in [2.24, 2.45) is 0 Å². The molecule has 5 nitrogen and oxygen atoms in total. The van der Waals surface area contributed by atoms with Gasteiger partial charge >= 0.3 is 5.97 Å². The van der Waals surface area contributed by atoms with Crippen molar-refractivity contribution >= 4 is 11.8 Å². The Kier molecular flexibility index (Phi) is 4.44. The molecule has 1 heterocycles. The highest BCUT2D eigenvalue weighted by molar-refractivity contribution is 6.41. The second kappa shape index (κ2) is 5.85. The van der Waals surface area contributed by atoms with Crippen molar-refractivity contribution in [1.29, 1.82) is 0 Å². The zero-order valence-corrected chi connectivity index (χ0v) is 9.23. The lowest BCUT2D eigenvalue weighted by Gasteiger charge is -2.06. The number of rotatable bonds is 5. The second-order valence-corrected chi connectivity index (χ2v) is 2.84. The van der Waals surface area contributed by atoms with E-state index in [1.54, 1.807) is 19.9 Å². The van der Waals surface area contributed by atoms with Crippen LogP contribution in [0.25, 0.3) is 0 Å². The molecule has 86 valence electrons. The fraction of sp³-hybridized carbons (Fsp3) is 0.364. The number of Topliss-reactive ketones (excluding diaryl/α,β-unsaturated/α-hetero) is 1. The first-order valence-corrected chi connectivity index (χ1v) is 5.00. The van der Waals surface area contributed by atoms with Crippen molar-refractivity contribution in [3.8, 4) is 5.88 Å². The third-order valence-electron chi connectivity index (χ3n) is 1.76. The van der Waals surface area contributed by atoms with E-state index in [1.165, 1.54) is 12.3 Å². The van der Waals surface area contributed by atoms with E-state index in [4.69, 9.17) is 4.74 Å². The molecule has 0 unspecified atom stereocenters. The molecule has 0 fully saturated rings. The minimum absolute atomic E-state index is 0.128. The number of hydrogen-bond donors (Lipinski definition) is 0. The Morgan fingerprint density at radius 1 is 1.31 bits per heavy atom. The van der Waals surface area contributed by atoms with Crippen molar-refractivity contribution < 1.29 is 19.1 Å². The summed E-state index contributed by atoms with van der Waals surface area (Å²) in [6.45, 7) is 3.94. The highest BCUT2D eigenvalue weighted by atomic mass is 16.5. The molecule has 0 bridgehead atoms. The maximum atomic E-state index is 11.6. The molecule has 0 radical (unpaired) electrons. The van der Waals surface area contributed by atoms with Gasteiger partial charge in [-0.15, -0.1) is 0 Å². The lowest BCUT2D eigenvalue weighted by Crippen LogP contribution is -2.18. The van der Waals surface area contributed by atoms with Gasteiger partial charge in [0.25, 0.3) is 5.78 Å². The van der Waals surface area contributed by atoms with Crippen LogP contribution in [0.2, 0.25) is 0 Å². The predicted molar refractivity (Wildman–Crippen MR) is 56.4 cm³/mol. The smallest absolute Gasteiger partial charge is 0.379 e. The van der Waals surface area contributed by atoms with Crippen LogP contribution in [-0.4, -0.2) is 30.0 Å². The van der Waals surface area contributed by atoms with E-state index < -0.39 is 11.8 Å². The first-order valence-electron chi connectivity index (χ1n) is 5.00. The summed E-state index contributed by atoms with van der Waals surface area (Å²) in [7, 11) is 0. The number of hydrogen-bond acceptors (Lipinski definition) is 5. The Labute approximate surface area is 93.4 Å². The van der Waals surface area contributed by atoms with Crippen molar-refractivity contribution in [2.75, 3.05) is 13.2 Å². The monoisotopic (exact) mass is 223 g/mol. The molecule has 1 rings (SSSR count). The maximum absolute atomic E-state index is 11.6. The molecule has 0 spiro atoms. The summed E-state index contributed by atoms with van der Waals surface area (Å²) in [5.41, 5.74) is 0.128. The van der Waals surface area contributed by atoms with E-state index in [2.05, 4.69) is 9.72 Å². The minimum Gasteiger partial charge on any atom is -0.477 e. The Morgan fingerprint density at radius 3 is 2.69 bits per heavy atom. The Balaban J connectivity index is 2.94. The fourth-order valence-electron chi connectivity index (χ4n) is 1.12. The number of nitrogens with zero attached hydrogens (tertiary/aromatic N) is 1. The van der Waals surface area contributed by atoms with Crippen LogP contribution in [0.3, 0.4) is 0 Å². The van der Waals surface area contributed by atoms with Gasteiger partial charge in [-0.05, 0) is 26.0 Å². The molecule has 16 heavy (non-hydrogen) atoms. The third-order valence-corrected chi connectivity index (χ3v) is 1.76. The van der Waals surface area contributed by atoms with Crippen LogP contribution in [0.4, 0.5) is 0 Å². The predicted octanol–water partition coefficient (Wildman–Crippen LogP) is 1.23. The van der Waals surface area contributed by atoms with E-state index in [0.29, 0.717) is 6.61 Å². The lowest BCUT2D eigenvalue weighted by atomic mass is 10.2. The zero-order chi connectivity index (χ0) is 12.0. The van der Waals surface area contributed by atoms with Gasteiger partial charge in [0.2, 0.25) is 5.88 Å². The van der Waals surface area contributed by atoms with Gasteiger partial charge < -0.3 is 9.47 Å². The molecule has 0 aromatic carbocycles. The fourth-order valence-corrected chi connectivity index (χ4v) is 1.12. The van der Waals surface area contributed by atoms with Crippen LogP contribution in [0.1, 0.15) is 24.2 Å². The molecular weight excluding hydrogens is 210 g/mol. The van der Waals surface area contributed by atoms with Gasteiger partial charge in [-0.3, -0.25) is 4.79 Å². The summed E-state index contributed by atoms with van der Waals surface area (Å²) < 4.78 is 9.77. The zero-order valence-electron chi connectivity index (χ0n) is 9.23. The van der Waals surface area contributed by atoms with E-state index in [1.807, 2.05) is 0 Å². The average Bonchev–Trinajstić information content (AvgIpc) is 2.29. The van der Waals surface area contributed by atoms with E-state index in [9.17, 15) is 9.59 Å². The number of ketones is 1. The van der Waals surface area contributed by atoms with E-state index in [-0.39, 0.29) is 18.1 Å². The molecule has 0 aliphatic rings. The average molecular weight is 223 g/mol. The number of pyridine rings is 1. The Bertz CT molecular complexity index is 389. The standard InChI is InChI=1S/C11H13NO4/c1-3-15-10-8(6-5-7-12-10)9(13)11(14)16-4-2/h5-7H,3-4H2,1-2H3. The van der Waals surface area contributed by atoms with Gasteiger partial charge in [-0.25, -0.2) is 9.78 Å². The van der Waals surface area contributed by atoms with Crippen LogP contribution in [0.15, 0.2) is 18.3 Å². The first kappa shape index (κ1) is 12.2. The number of esters is 1. The maximum Gasteiger partial charge on any atom is 0.379 e. The van der Waals surface area contributed by atoms with E-state index >= 15 is 0 Å².